The molecule has 3 unspecified atom stereocenters. The van der Waals surface area contributed by atoms with Crippen LogP contribution in [-0.4, -0.2) is 81.3 Å². The third-order valence-electron chi connectivity index (χ3n) is 10.1. The third-order valence-corrected chi connectivity index (χ3v) is 10.1. The molecule has 0 aromatic heterocycles. The van der Waals surface area contributed by atoms with Gasteiger partial charge in [-0.15, -0.1) is 0 Å². The Bertz CT molecular complexity index is 833. The molecule has 0 saturated carbocycles. The number of ether oxygens (including phenoxy) is 3. The van der Waals surface area contributed by atoms with Crippen molar-refractivity contribution in [3.63, 3.8) is 0 Å². The zero-order valence-corrected chi connectivity index (χ0v) is 28.5. The Hall–Kier alpha value is -1.03. The van der Waals surface area contributed by atoms with Crippen molar-refractivity contribution in [3.8, 4) is 0 Å². The molecular weight excluding hydrogens is 572 g/mol. The van der Waals surface area contributed by atoms with Gasteiger partial charge in [0.2, 0.25) is 0 Å². The lowest BCUT2D eigenvalue weighted by Gasteiger charge is -2.24. The average molecular weight is 639 g/mol. The Balaban J connectivity index is 1.16. The number of aliphatic hydroxyl groups is 4. The quantitative estimate of drug-likeness (QED) is 0.0634. The van der Waals surface area contributed by atoms with Crippen LogP contribution in [0, 0.1) is 0 Å². The molecule has 0 aromatic rings. The topological polar surface area (TPSA) is 126 Å². The van der Waals surface area contributed by atoms with Gasteiger partial charge in [-0.2, -0.15) is 0 Å². The van der Waals surface area contributed by atoms with Crippen LogP contribution in [0.4, 0.5) is 0 Å². The van der Waals surface area contributed by atoms with Gasteiger partial charge in [0.05, 0.1) is 48.8 Å². The highest BCUT2D eigenvalue weighted by Gasteiger charge is 2.40. The molecule has 0 aromatic carbocycles. The molecule has 4 N–H and O–H groups in total. The molecule has 8 nitrogen and oxygen atoms in total. The van der Waals surface area contributed by atoms with Gasteiger partial charge < -0.3 is 34.6 Å². The number of rotatable bonds is 25. The monoisotopic (exact) mass is 638 g/mol. The van der Waals surface area contributed by atoms with E-state index in [-0.39, 0.29) is 36.5 Å². The minimum absolute atomic E-state index is 0.00146. The number of hydrogen-bond acceptors (Lipinski definition) is 8. The van der Waals surface area contributed by atoms with Crippen molar-refractivity contribution in [3.05, 3.63) is 11.6 Å². The molecular formula is C37H66O8. The first-order valence-corrected chi connectivity index (χ1v) is 18.7. The van der Waals surface area contributed by atoms with Gasteiger partial charge in [0.1, 0.15) is 6.10 Å². The summed E-state index contributed by atoms with van der Waals surface area (Å²) in [6.45, 7) is 4.07. The van der Waals surface area contributed by atoms with Crippen molar-refractivity contribution in [1.82, 2.24) is 0 Å². The lowest BCUT2D eigenvalue weighted by atomic mass is 9.99. The zero-order valence-electron chi connectivity index (χ0n) is 28.5. The highest BCUT2D eigenvalue weighted by atomic mass is 16.6. The fourth-order valence-corrected chi connectivity index (χ4v) is 7.29. The van der Waals surface area contributed by atoms with Crippen LogP contribution in [0.1, 0.15) is 162 Å². The molecule has 262 valence electrons. The Labute approximate surface area is 273 Å². The Kier molecular flexibility index (Phi) is 18.6. The van der Waals surface area contributed by atoms with Crippen LogP contribution in [0.25, 0.3) is 0 Å². The van der Waals surface area contributed by atoms with Crippen molar-refractivity contribution in [1.29, 1.82) is 0 Å². The largest absolute Gasteiger partial charge is 0.455 e. The molecule has 9 atom stereocenters. The van der Waals surface area contributed by atoms with E-state index in [1.165, 1.54) is 44.9 Å². The van der Waals surface area contributed by atoms with Crippen LogP contribution in [0.3, 0.4) is 0 Å². The lowest BCUT2D eigenvalue weighted by Crippen LogP contribution is -2.33. The summed E-state index contributed by atoms with van der Waals surface area (Å²) >= 11 is 0. The maximum absolute atomic E-state index is 11.7. The van der Waals surface area contributed by atoms with Gasteiger partial charge in [-0.05, 0) is 70.8 Å². The number of carbonyl (C=O) groups is 1. The first-order valence-electron chi connectivity index (χ1n) is 18.7. The highest BCUT2D eigenvalue weighted by molar-refractivity contribution is 5.90. The van der Waals surface area contributed by atoms with E-state index in [1.54, 1.807) is 6.08 Å². The molecule has 3 aliphatic rings. The summed E-state index contributed by atoms with van der Waals surface area (Å²) < 4.78 is 17.6. The van der Waals surface area contributed by atoms with Gasteiger partial charge in [0.25, 0.3) is 0 Å². The van der Waals surface area contributed by atoms with E-state index >= 15 is 0 Å². The van der Waals surface area contributed by atoms with Gasteiger partial charge in [0.15, 0.2) is 0 Å². The average Bonchev–Trinajstić information content (AvgIpc) is 3.77. The first kappa shape index (κ1) is 38.4. The van der Waals surface area contributed by atoms with E-state index in [1.807, 2.05) is 6.92 Å². The second kappa shape index (κ2) is 21.8. The van der Waals surface area contributed by atoms with Crippen LogP contribution in [0.15, 0.2) is 11.6 Å². The molecule has 0 spiro atoms. The fraction of sp³-hybridized carbons (Fsp3) is 0.919. The second-order valence-corrected chi connectivity index (χ2v) is 14.2. The number of hydrogen-bond donors (Lipinski definition) is 4. The SMILES string of the molecule is CCCCCCCCCC[C@H](O)[C@@H]1CC[C@@H]([C@@H]2CC[C@@H]([C@@H](O)CCC(O)CCCCCCCC(O)CC3=CC(C)OC3=O)O2)O1. The summed E-state index contributed by atoms with van der Waals surface area (Å²) in [6, 6.07) is 0. The fourth-order valence-electron chi connectivity index (χ4n) is 7.29. The van der Waals surface area contributed by atoms with E-state index in [4.69, 9.17) is 14.2 Å². The number of unbranched alkanes of at least 4 members (excludes halogenated alkanes) is 11. The normalized spacial score (nSPS) is 27.8. The molecule has 8 heteroatoms. The minimum atomic E-state index is -0.578. The van der Waals surface area contributed by atoms with E-state index in [2.05, 4.69) is 6.92 Å². The van der Waals surface area contributed by atoms with E-state index < -0.39 is 24.4 Å². The third kappa shape index (κ3) is 14.7. The van der Waals surface area contributed by atoms with Gasteiger partial charge in [-0.1, -0.05) is 90.4 Å². The Morgan fingerprint density at radius 1 is 0.644 bits per heavy atom. The van der Waals surface area contributed by atoms with Crippen LogP contribution >= 0.6 is 0 Å². The van der Waals surface area contributed by atoms with Gasteiger partial charge in [-0.3, -0.25) is 0 Å². The smallest absolute Gasteiger partial charge is 0.334 e. The molecule has 0 amide bonds. The number of esters is 1. The lowest BCUT2D eigenvalue weighted by molar-refractivity contribution is -0.139. The van der Waals surface area contributed by atoms with Crippen LogP contribution in [0.2, 0.25) is 0 Å². The highest BCUT2D eigenvalue weighted by Crippen LogP contribution is 2.34. The van der Waals surface area contributed by atoms with Crippen molar-refractivity contribution >= 4 is 5.97 Å². The Morgan fingerprint density at radius 3 is 1.67 bits per heavy atom. The maximum atomic E-state index is 11.7. The number of aliphatic hydroxyl groups excluding tert-OH is 4. The van der Waals surface area contributed by atoms with Gasteiger partial charge in [0, 0.05) is 12.0 Å². The standard InChI is InChI=1S/C37H66O8/c1-3-4-5-6-7-8-12-15-18-31(40)33-21-23-35(44-33)36-24-22-34(45-36)32(41)20-19-29(38)16-13-10-9-11-14-17-30(39)26-28-25-27(2)43-37(28)42/h25,27,29-36,38-41H,3-24,26H2,1-2H3/t27?,29?,30?,31-,32-,33-,34-,35-,36-/m0/s1. The number of cyclic esters (lactones) is 1. The first-order chi connectivity index (χ1) is 21.8. The molecule has 0 aliphatic carbocycles. The van der Waals surface area contributed by atoms with Crippen LogP contribution in [0.5, 0.6) is 0 Å². The Morgan fingerprint density at radius 2 is 1.13 bits per heavy atom. The van der Waals surface area contributed by atoms with Gasteiger partial charge >= 0.3 is 5.97 Å². The predicted molar refractivity (Wildman–Crippen MR) is 177 cm³/mol. The van der Waals surface area contributed by atoms with Crippen LogP contribution in [-0.2, 0) is 19.0 Å². The molecule has 2 fully saturated rings. The van der Waals surface area contributed by atoms with Crippen molar-refractivity contribution in [2.75, 3.05) is 0 Å². The van der Waals surface area contributed by atoms with E-state index in [9.17, 15) is 25.2 Å². The van der Waals surface area contributed by atoms with Crippen molar-refractivity contribution in [2.24, 2.45) is 0 Å². The van der Waals surface area contributed by atoms with Crippen LogP contribution < -0.4 is 0 Å². The summed E-state index contributed by atoms with van der Waals surface area (Å²) in [4.78, 5) is 11.7. The molecule has 45 heavy (non-hydrogen) atoms. The summed E-state index contributed by atoms with van der Waals surface area (Å²) in [7, 11) is 0. The summed E-state index contributed by atoms with van der Waals surface area (Å²) in [6.07, 6.45) is 21.6. The summed E-state index contributed by atoms with van der Waals surface area (Å²) in [5.41, 5.74) is 0.588. The predicted octanol–water partition coefficient (Wildman–Crippen LogP) is 6.83. The van der Waals surface area contributed by atoms with E-state index in [0.29, 0.717) is 31.3 Å². The molecule has 3 rings (SSSR count). The summed E-state index contributed by atoms with van der Waals surface area (Å²) in [5, 5.41) is 42.1. The minimum Gasteiger partial charge on any atom is -0.455 e. The van der Waals surface area contributed by atoms with E-state index in [0.717, 1.165) is 77.0 Å². The second-order valence-electron chi connectivity index (χ2n) is 14.2. The maximum Gasteiger partial charge on any atom is 0.334 e. The molecule has 3 heterocycles. The van der Waals surface area contributed by atoms with Crippen molar-refractivity contribution < 1.29 is 39.4 Å². The zero-order chi connectivity index (χ0) is 32.4. The molecule has 2 saturated heterocycles. The molecule has 0 radical (unpaired) electrons. The number of carbonyl (C=O) groups excluding carboxylic acids is 1. The molecule has 3 aliphatic heterocycles. The summed E-state index contributed by atoms with van der Waals surface area (Å²) in [5.74, 6) is -0.305. The van der Waals surface area contributed by atoms with Crippen molar-refractivity contribution in [2.45, 2.75) is 216 Å². The molecule has 0 bridgehead atoms. The van der Waals surface area contributed by atoms with Gasteiger partial charge in [-0.25, -0.2) is 4.79 Å².